The first-order valence-electron chi connectivity index (χ1n) is 8.56. The number of amides is 2. The molecule has 0 spiro atoms. The Bertz CT molecular complexity index is 1030. The van der Waals surface area contributed by atoms with E-state index in [9.17, 15) is 14.4 Å². The number of hydrogen-bond acceptors (Lipinski definition) is 4. The Labute approximate surface area is 155 Å². The molecule has 1 aromatic carbocycles. The molecule has 0 unspecified atom stereocenters. The topological polar surface area (TPSA) is 76.7 Å². The van der Waals surface area contributed by atoms with Crippen molar-refractivity contribution in [3.05, 3.63) is 60.4 Å². The number of rotatable bonds is 2. The van der Waals surface area contributed by atoms with Crippen molar-refractivity contribution in [2.24, 2.45) is 0 Å². The summed E-state index contributed by atoms with van der Waals surface area (Å²) in [6.07, 6.45) is 5.24. The van der Waals surface area contributed by atoms with Gasteiger partial charge in [0.25, 0.3) is 0 Å². The van der Waals surface area contributed by atoms with Crippen LogP contribution in [0.25, 0.3) is 5.52 Å². The van der Waals surface area contributed by atoms with Crippen molar-refractivity contribution in [2.45, 2.75) is 0 Å². The normalized spacial score (nSPS) is 14.2. The van der Waals surface area contributed by atoms with E-state index in [1.807, 2.05) is 33.7 Å². The highest BCUT2D eigenvalue weighted by atomic mass is 19.1. The van der Waals surface area contributed by atoms with E-state index in [1.165, 1.54) is 12.1 Å². The lowest BCUT2D eigenvalue weighted by Crippen LogP contribution is -2.50. The molecular weight excluding hydrogens is 347 g/mol. The van der Waals surface area contributed by atoms with Crippen LogP contribution in [0.5, 0.6) is 0 Å². The van der Waals surface area contributed by atoms with Crippen LogP contribution in [-0.4, -0.2) is 46.5 Å². The summed E-state index contributed by atoms with van der Waals surface area (Å²) in [5.74, 6) is -0.428. The second-order valence-electron chi connectivity index (χ2n) is 6.32. The van der Waals surface area contributed by atoms with Crippen LogP contribution in [0.4, 0.5) is 20.6 Å². The summed E-state index contributed by atoms with van der Waals surface area (Å²) in [5.41, 5.74) is 2.65. The van der Waals surface area contributed by atoms with Gasteiger partial charge < -0.3 is 19.5 Å². The van der Waals surface area contributed by atoms with E-state index >= 15 is 0 Å². The number of imidazole rings is 1. The van der Waals surface area contributed by atoms with E-state index in [-0.39, 0.29) is 6.03 Å². The number of benzene rings is 1. The van der Waals surface area contributed by atoms with Crippen LogP contribution in [-0.2, 0) is 0 Å². The van der Waals surface area contributed by atoms with E-state index < -0.39 is 5.82 Å². The Morgan fingerprint density at radius 3 is 2.78 bits per heavy atom. The molecule has 1 aliphatic rings. The molecule has 7 nitrogen and oxygen atoms in total. The van der Waals surface area contributed by atoms with Crippen molar-refractivity contribution in [2.75, 3.05) is 36.4 Å². The molecule has 2 amide bonds. The minimum Gasteiger partial charge on any atom is -0.367 e. The molecular formula is C19H17FN6O. The van der Waals surface area contributed by atoms with Crippen LogP contribution >= 0.6 is 0 Å². The number of carbonyl (C=O) groups is 1. The predicted molar refractivity (Wildman–Crippen MR) is 99.1 cm³/mol. The van der Waals surface area contributed by atoms with Gasteiger partial charge in [0.2, 0.25) is 0 Å². The SMILES string of the molecule is N#Cc1cc(F)ccc1N1CCN(C(=O)Nc2ccc3cncn3c2)CC1. The first kappa shape index (κ1) is 16.8. The van der Waals surface area contributed by atoms with Crippen molar-refractivity contribution < 1.29 is 9.18 Å². The molecule has 3 heterocycles. The minimum atomic E-state index is -0.428. The van der Waals surface area contributed by atoms with Gasteiger partial charge in [-0.05, 0) is 30.3 Å². The third-order valence-electron chi connectivity index (χ3n) is 4.65. The molecule has 0 atom stereocenters. The molecule has 1 N–H and O–H groups in total. The largest absolute Gasteiger partial charge is 0.367 e. The molecule has 0 saturated carbocycles. The standard InChI is InChI=1S/C19H17FN6O/c20-15-1-4-18(14(9-15)10-21)24-5-7-25(8-6-24)19(27)23-16-2-3-17-11-22-13-26(17)12-16/h1-4,9,11-13H,5-8H2,(H,23,27). The summed E-state index contributed by atoms with van der Waals surface area (Å²) in [4.78, 5) is 20.3. The van der Waals surface area contributed by atoms with Crippen molar-refractivity contribution >= 4 is 22.9 Å². The van der Waals surface area contributed by atoms with E-state index in [1.54, 1.807) is 23.5 Å². The number of halogens is 1. The van der Waals surface area contributed by atoms with Gasteiger partial charge in [0.15, 0.2) is 0 Å². The van der Waals surface area contributed by atoms with Crippen molar-refractivity contribution in [3.63, 3.8) is 0 Å². The first-order chi connectivity index (χ1) is 13.1. The lowest BCUT2D eigenvalue weighted by Gasteiger charge is -2.36. The smallest absolute Gasteiger partial charge is 0.322 e. The number of nitriles is 1. The Morgan fingerprint density at radius 2 is 2.00 bits per heavy atom. The van der Waals surface area contributed by atoms with Gasteiger partial charge in [-0.15, -0.1) is 0 Å². The van der Waals surface area contributed by atoms with Crippen molar-refractivity contribution in [3.8, 4) is 6.07 Å². The Hall–Kier alpha value is -3.60. The lowest BCUT2D eigenvalue weighted by molar-refractivity contribution is 0.208. The monoisotopic (exact) mass is 364 g/mol. The molecule has 0 radical (unpaired) electrons. The third-order valence-corrected chi connectivity index (χ3v) is 4.65. The van der Waals surface area contributed by atoms with Crippen LogP contribution in [0, 0.1) is 17.1 Å². The predicted octanol–water partition coefficient (Wildman–Crippen LogP) is 2.70. The van der Waals surface area contributed by atoms with Gasteiger partial charge in [-0.25, -0.2) is 14.2 Å². The second-order valence-corrected chi connectivity index (χ2v) is 6.32. The van der Waals surface area contributed by atoms with E-state index in [0.29, 0.717) is 43.1 Å². The van der Waals surface area contributed by atoms with E-state index in [2.05, 4.69) is 10.3 Å². The van der Waals surface area contributed by atoms with Crippen molar-refractivity contribution in [1.82, 2.24) is 14.3 Å². The van der Waals surface area contributed by atoms with Crippen LogP contribution in [0.15, 0.2) is 49.1 Å². The van der Waals surface area contributed by atoms with E-state index in [0.717, 1.165) is 5.52 Å². The van der Waals surface area contributed by atoms with Gasteiger partial charge in [-0.1, -0.05) is 0 Å². The maximum Gasteiger partial charge on any atom is 0.322 e. The fourth-order valence-corrected chi connectivity index (χ4v) is 3.22. The highest BCUT2D eigenvalue weighted by Crippen LogP contribution is 2.22. The Kier molecular flexibility index (Phi) is 4.34. The summed E-state index contributed by atoms with van der Waals surface area (Å²) < 4.78 is 15.2. The maximum absolute atomic E-state index is 13.3. The van der Waals surface area contributed by atoms with E-state index in [4.69, 9.17) is 0 Å². The number of piperazine rings is 1. The summed E-state index contributed by atoms with van der Waals surface area (Å²) in [5, 5.41) is 12.1. The molecule has 0 bridgehead atoms. The Morgan fingerprint density at radius 1 is 1.19 bits per heavy atom. The zero-order chi connectivity index (χ0) is 18.8. The molecule has 1 fully saturated rings. The average Bonchev–Trinajstić information content (AvgIpc) is 3.16. The summed E-state index contributed by atoms with van der Waals surface area (Å²) >= 11 is 0. The summed E-state index contributed by atoms with van der Waals surface area (Å²) in [6, 6.07) is 9.78. The highest BCUT2D eigenvalue weighted by Gasteiger charge is 2.23. The number of nitrogens with zero attached hydrogens (tertiary/aromatic N) is 5. The number of fused-ring (bicyclic) bond motifs is 1. The van der Waals surface area contributed by atoms with Crippen LogP contribution in [0.2, 0.25) is 0 Å². The van der Waals surface area contributed by atoms with Gasteiger partial charge in [0, 0.05) is 32.4 Å². The fraction of sp³-hybridized carbons (Fsp3) is 0.211. The molecule has 1 saturated heterocycles. The molecule has 1 aliphatic heterocycles. The number of urea groups is 1. The van der Waals surface area contributed by atoms with Gasteiger partial charge in [0.1, 0.15) is 11.9 Å². The highest BCUT2D eigenvalue weighted by molar-refractivity contribution is 5.89. The molecule has 3 aromatic rings. The van der Waals surface area contributed by atoms with Crippen LogP contribution in [0.1, 0.15) is 5.56 Å². The van der Waals surface area contributed by atoms with Gasteiger partial charge in [-0.2, -0.15) is 5.26 Å². The van der Waals surface area contributed by atoms with Gasteiger partial charge >= 0.3 is 6.03 Å². The second kappa shape index (κ2) is 6.96. The average molecular weight is 364 g/mol. The number of anilines is 2. The number of hydrogen-bond donors (Lipinski definition) is 1. The molecule has 27 heavy (non-hydrogen) atoms. The zero-order valence-corrected chi connectivity index (χ0v) is 14.5. The Balaban J connectivity index is 1.40. The molecule has 2 aromatic heterocycles. The fourth-order valence-electron chi connectivity index (χ4n) is 3.22. The molecule has 8 heteroatoms. The molecule has 4 rings (SSSR count). The van der Waals surface area contributed by atoms with Gasteiger partial charge in [-0.3, -0.25) is 0 Å². The minimum absolute atomic E-state index is 0.172. The number of carbonyl (C=O) groups excluding carboxylic acids is 1. The van der Waals surface area contributed by atoms with Crippen LogP contribution < -0.4 is 10.2 Å². The first-order valence-corrected chi connectivity index (χ1v) is 8.56. The lowest BCUT2D eigenvalue weighted by atomic mass is 10.1. The summed E-state index contributed by atoms with van der Waals surface area (Å²) in [6.45, 7) is 2.19. The van der Waals surface area contributed by atoms with Gasteiger partial charge in [0.05, 0.1) is 35.0 Å². The van der Waals surface area contributed by atoms with Crippen LogP contribution in [0.3, 0.4) is 0 Å². The van der Waals surface area contributed by atoms with Crippen molar-refractivity contribution in [1.29, 1.82) is 5.26 Å². The number of aromatic nitrogens is 2. The quantitative estimate of drug-likeness (QED) is 0.759. The number of pyridine rings is 1. The maximum atomic E-state index is 13.3. The molecule has 0 aliphatic carbocycles. The summed E-state index contributed by atoms with van der Waals surface area (Å²) in [7, 11) is 0. The number of nitrogens with one attached hydrogen (secondary N) is 1. The third kappa shape index (κ3) is 3.40. The zero-order valence-electron chi connectivity index (χ0n) is 14.5. The molecule has 136 valence electrons.